The summed E-state index contributed by atoms with van der Waals surface area (Å²) in [4.78, 5) is 0. The molecule has 1 fully saturated rings. The summed E-state index contributed by atoms with van der Waals surface area (Å²) in [6, 6.07) is 3.43. The van der Waals surface area contributed by atoms with Crippen molar-refractivity contribution in [2.75, 3.05) is 19.7 Å². The van der Waals surface area contributed by atoms with Gasteiger partial charge in [-0.25, -0.2) is 8.78 Å². The van der Waals surface area contributed by atoms with Gasteiger partial charge in [-0.3, -0.25) is 0 Å². The Balaban J connectivity index is 1.74. The van der Waals surface area contributed by atoms with Crippen LogP contribution in [-0.4, -0.2) is 30.9 Å². The van der Waals surface area contributed by atoms with Crippen LogP contribution in [0.5, 0.6) is 5.75 Å². The molecule has 1 aromatic rings. The van der Waals surface area contributed by atoms with Gasteiger partial charge >= 0.3 is 0 Å². The normalized spacial score (nSPS) is 21.1. The molecule has 0 spiro atoms. The summed E-state index contributed by atoms with van der Waals surface area (Å²) in [5.74, 6) is -1.27. The van der Waals surface area contributed by atoms with E-state index in [9.17, 15) is 13.9 Å². The Hall–Kier alpha value is -1.20. The number of hydrogen-bond donors (Lipinski definition) is 2. The number of ether oxygens (including phenoxy) is 1. The lowest BCUT2D eigenvalue weighted by molar-refractivity contribution is 0.0701. The summed E-state index contributed by atoms with van der Waals surface area (Å²) in [6.45, 7) is 2.13. The smallest absolute Gasteiger partial charge is 0.162 e. The molecule has 106 valence electrons. The van der Waals surface area contributed by atoms with Crippen molar-refractivity contribution in [2.45, 2.75) is 25.4 Å². The molecule has 2 rings (SSSR count). The van der Waals surface area contributed by atoms with Gasteiger partial charge in [-0.2, -0.15) is 0 Å². The molecule has 0 saturated carbocycles. The minimum absolute atomic E-state index is 0.252. The topological polar surface area (TPSA) is 41.5 Å². The number of piperidine rings is 1. The molecule has 2 atom stereocenters. The summed E-state index contributed by atoms with van der Waals surface area (Å²) in [5, 5.41) is 13.2. The molecule has 1 heterocycles. The summed E-state index contributed by atoms with van der Waals surface area (Å²) in [7, 11) is 0. The van der Waals surface area contributed by atoms with Gasteiger partial charge in [0.05, 0.1) is 12.7 Å². The Morgan fingerprint density at radius 1 is 1.37 bits per heavy atom. The van der Waals surface area contributed by atoms with Crippen LogP contribution >= 0.6 is 0 Å². The lowest BCUT2D eigenvalue weighted by Gasteiger charge is -2.27. The van der Waals surface area contributed by atoms with E-state index in [0.717, 1.165) is 38.1 Å². The van der Waals surface area contributed by atoms with Gasteiger partial charge in [0.1, 0.15) is 5.75 Å². The average molecular weight is 271 g/mol. The van der Waals surface area contributed by atoms with E-state index in [1.54, 1.807) is 0 Å². The van der Waals surface area contributed by atoms with Gasteiger partial charge in [0.2, 0.25) is 0 Å². The fourth-order valence-electron chi connectivity index (χ4n) is 2.31. The quantitative estimate of drug-likeness (QED) is 0.861. The van der Waals surface area contributed by atoms with Crippen LogP contribution in [0.2, 0.25) is 0 Å². The summed E-state index contributed by atoms with van der Waals surface area (Å²) in [6.07, 6.45) is 2.16. The predicted molar refractivity (Wildman–Crippen MR) is 68.1 cm³/mol. The highest BCUT2D eigenvalue weighted by Crippen LogP contribution is 2.19. The van der Waals surface area contributed by atoms with Crippen LogP contribution in [0.3, 0.4) is 0 Å². The second-order valence-corrected chi connectivity index (χ2v) is 4.89. The molecule has 1 aromatic carbocycles. The van der Waals surface area contributed by atoms with Crippen molar-refractivity contribution in [3.63, 3.8) is 0 Å². The molecular formula is C14H19F2NO2. The summed E-state index contributed by atoms with van der Waals surface area (Å²) < 4.78 is 31.0. The third-order valence-electron chi connectivity index (χ3n) is 3.45. The first-order valence-electron chi connectivity index (χ1n) is 6.63. The first-order chi connectivity index (χ1) is 9.16. The summed E-state index contributed by atoms with van der Waals surface area (Å²) >= 11 is 0. The molecular weight excluding hydrogens is 252 g/mol. The fraction of sp³-hybridized carbons (Fsp3) is 0.571. The molecule has 0 aliphatic carbocycles. The largest absolute Gasteiger partial charge is 0.493 e. The zero-order chi connectivity index (χ0) is 13.7. The monoisotopic (exact) mass is 271 g/mol. The van der Waals surface area contributed by atoms with Crippen molar-refractivity contribution in [1.29, 1.82) is 0 Å². The SMILES string of the molecule is OC(CCOc1ccc(F)c(F)c1)C1CCCNC1. The van der Waals surface area contributed by atoms with E-state index < -0.39 is 17.7 Å². The van der Waals surface area contributed by atoms with Crippen LogP contribution in [0.25, 0.3) is 0 Å². The third kappa shape index (κ3) is 4.14. The average Bonchev–Trinajstić information content (AvgIpc) is 2.43. The number of rotatable bonds is 5. The van der Waals surface area contributed by atoms with E-state index >= 15 is 0 Å². The van der Waals surface area contributed by atoms with Crippen LogP contribution in [-0.2, 0) is 0 Å². The molecule has 2 unspecified atom stereocenters. The fourth-order valence-corrected chi connectivity index (χ4v) is 2.31. The number of hydrogen-bond acceptors (Lipinski definition) is 3. The summed E-state index contributed by atoms with van der Waals surface area (Å²) in [5.41, 5.74) is 0. The van der Waals surface area contributed by atoms with Crippen LogP contribution in [0.15, 0.2) is 18.2 Å². The van der Waals surface area contributed by atoms with Crippen molar-refractivity contribution >= 4 is 0 Å². The van der Waals surface area contributed by atoms with Crippen LogP contribution < -0.4 is 10.1 Å². The second-order valence-electron chi connectivity index (χ2n) is 4.89. The molecule has 0 amide bonds. The van der Waals surface area contributed by atoms with Gasteiger partial charge in [-0.05, 0) is 37.4 Å². The van der Waals surface area contributed by atoms with Gasteiger partial charge in [0.25, 0.3) is 0 Å². The number of aliphatic hydroxyl groups excluding tert-OH is 1. The molecule has 5 heteroatoms. The molecule has 2 N–H and O–H groups in total. The Labute approximate surface area is 111 Å². The number of aliphatic hydroxyl groups is 1. The molecule has 1 aliphatic heterocycles. The van der Waals surface area contributed by atoms with Gasteiger partial charge in [0.15, 0.2) is 11.6 Å². The maximum Gasteiger partial charge on any atom is 0.162 e. The number of nitrogens with one attached hydrogen (secondary N) is 1. The number of halogens is 2. The predicted octanol–water partition coefficient (Wildman–Crippen LogP) is 2.09. The van der Waals surface area contributed by atoms with Crippen molar-refractivity contribution in [2.24, 2.45) is 5.92 Å². The molecule has 1 saturated heterocycles. The lowest BCUT2D eigenvalue weighted by Crippen LogP contribution is -2.37. The highest BCUT2D eigenvalue weighted by Gasteiger charge is 2.21. The van der Waals surface area contributed by atoms with Crippen molar-refractivity contribution in [3.05, 3.63) is 29.8 Å². The van der Waals surface area contributed by atoms with E-state index in [1.165, 1.54) is 6.07 Å². The maximum absolute atomic E-state index is 12.9. The maximum atomic E-state index is 12.9. The number of benzene rings is 1. The first-order valence-corrected chi connectivity index (χ1v) is 6.63. The Kier molecular flexibility index (Phi) is 5.10. The molecule has 0 aromatic heterocycles. The van der Waals surface area contributed by atoms with E-state index in [1.807, 2.05) is 0 Å². The highest BCUT2D eigenvalue weighted by atomic mass is 19.2. The minimum Gasteiger partial charge on any atom is -0.493 e. The van der Waals surface area contributed by atoms with E-state index in [4.69, 9.17) is 4.74 Å². The molecule has 19 heavy (non-hydrogen) atoms. The second kappa shape index (κ2) is 6.82. The zero-order valence-electron chi connectivity index (χ0n) is 10.7. The first kappa shape index (κ1) is 14.2. The van der Waals surface area contributed by atoms with Gasteiger partial charge < -0.3 is 15.2 Å². The molecule has 3 nitrogen and oxygen atoms in total. The van der Waals surface area contributed by atoms with Crippen molar-refractivity contribution in [3.8, 4) is 5.75 Å². The van der Waals surface area contributed by atoms with E-state index in [2.05, 4.69) is 5.32 Å². The highest BCUT2D eigenvalue weighted by molar-refractivity contribution is 5.23. The molecule has 0 radical (unpaired) electrons. The molecule has 0 bridgehead atoms. The van der Waals surface area contributed by atoms with E-state index in [-0.39, 0.29) is 11.7 Å². The van der Waals surface area contributed by atoms with Gasteiger partial charge in [0, 0.05) is 19.0 Å². The lowest BCUT2D eigenvalue weighted by atomic mass is 9.92. The van der Waals surface area contributed by atoms with Gasteiger partial charge in [-0.1, -0.05) is 0 Å². The van der Waals surface area contributed by atoms with Crippen LogP contribution in [0.4, 0.5) is 8.78 Å². The van der Waals surface area contributed by atoms with Crippen LogP contribution in [0, 0.1) is 17.6 Å². The van der Waals surface area contributed by atoms with Crippen LogP contribution in [0.1, 0.15) is 19.3 Å². The van der Waals surface area contributed by atoms with Crippen molar-refractivity contribution < 1.29 is 18.6 Å². The Bertz CT molecular complexity index is 408. The van der Waals surface area contributed by atoms with Crippen molar-refractivity contribution in [1.82, 2.24) is 5.32 Å². The van der Waals surface area contributed by atoms with E-state index in [0.29, 0.717) is 13.0 Å². The van der Waals surface area contributed by atoms with Gasteiger partial charge in [-0.15, -0.1) is 0 Å². The third-order valence-corrected chi connectivity index (χ3v) is 3.45. The Morgan fingerprint density at radius 3 is 2.89 bits per heavy atom. The molecule has 1 aliphatic rings. The Morgan fingerprint density at radius 2 is 2.21 bits per heavy atom. The zero-order valence-corrected chi connectivity index (χ0v) is 10.7. The minimum atomic E-state index is -0.922. The standard InChI is InChI=1S/C14H19F2NO2/c15-12-4-3-11(8-13(12)16)19-7-5-14(18)10-2-1-6-17-9-10/h3-4,8,10,14,17-18H,1-2,5-7,9H2.